The fourth-order valence-corrected chi connectivity index (χ4v) is 2.99. The average molecular weight is 275 g/mol. The molecule has 1 atom stereocenters. The second kappa shape index (κ2) is 5.96. The number of rotatable bonds is 4. The molecule has 0 saturated carbocycles. The highest BCUT2D eigenvalue weighted by atomic mass is 16.4. The van der Waals surface area contributed by atoms with Crippen molar-refractivity contribution < 1.29 is 9.90 Å². The number of piperidine rings is 1. The number of hydrogen-bond donors (Lipinski definition) is 1. The quantitative estimate of drug-likeness (QED) is 0.916. The van der Waals surface area contributed by atoms with E-state index in [2.05, 4.69) is 36.1 Å². The highest BCUT2D eigenvalue weighted by Crippen LogP contribution is 2.34. The predicted octanol–water partition coefficient (Wildman–Crippen LogP) is 3.32. The molecular formula is C17H25NO2. The van der Waals surface area contributed by atoms with Gasteiger partial charge in [-0.25, -0.2) is 0 Å². The van der Waals surface area contributed by atoms with Crippen molar-refractivity contribution in [1.82, 2.24) is 4.90 Å². The Morgan fingerprint density at radius 2 is 2.10 bits per heavy atom. The molecule has 110 valence electrons. The van der Waals surface area contributed by atoms with Crippen molar-refractivity contribution in [2.24, 2.45) is 11.3 Å². The van der Waals surface area contributed by atoms with Gasteiger partial charge >= 0.3 is 5.97 Å². The second-order valence-corrected chi connectivity index (χ2v) is 6.53. The number of carboxylic acid groups (broad SMARTS) is 1. The van der Waals surface area contributed by atoms with E-state index in [0.717, 1.165) is 32.5 Å². The first kappa shape index (κ1) is 15.0. The summed E-state index contributed by atoms with van der Waals surface area (Å²) in [4.78, 5) is 13.8. The molecule has 3 heteroatoms. The molecule has 0 aliphatic carbocycles. The van der Waals surface area contributed by atoms with Gasteiger partial charge in [0.05, 0.1) is 5.41 Å². The van der Waals surface area contributed by atoms with E-state index in [0.29, 0.717) is 0 Å². The molecule has 0 amide bonds. The van der Waals surface area contributed by atoms with Crippen LogP contribution < -0.4 is 0 Å². The maximum absolute atomic E-state index is 11.4. The molecule has 3 nitrogen and oxygen atoms in total. The van der Waals surface area contributed by atoms with E-state index in [9.17, 15) is 9.90 Å². The lowest BCUT2D eigenvalue weighted by Crippen LogP contribution is -2.44. The summed E-state index contributed by atoms with van der Waals surface area (Å²) < 4.78 is 0. The zero-order valence-electron chi connectivity index (χ0n) is 12.7. The SMILES string of the molecule is Cc1ccccc1CN1CCCC(C(C)(C)C(=O)O)C1. The number of carbonyl (C=O) groups is 1. The first-order chi connectivity index (χ1) is 9.41. The molecule has 1 aromatic rings. The molecule has 1 aliphatic heterocycles. The lowest BCUT2D eigenvalue weighted by atomic mass is 9.74. The molecule has 1 aliphatic rings. The van der Waals surface area contributed by atoms with Gasteiger partial charge in [0, 0.05) is 13.1 Å². The van der Waals surface area contributed by atoms with E-state index < -0.39 is 11.4 Å². The number of aliphatic carboxylic acids is 1. The van der Waals surface area contributed by atoms with Gasteiger partial charge < -0.3 is 5.11 Å². The van der Waals surface area contributed by atoms with E-state index in [1.165, 1.54) is 11.1 Å². The van der Waals surface area contributed by atoms with Crippen LogP contribution in [0.5, 0.6) is 0 Å². The summed E-state index contributed by atoms with van der Waals surface area (Å²) in [6, 6.07) is 8.44. The minimum absolute atomic E-state index is 0.234. The van der Waals surface area contributed by atoms with Crippen LogP contribution in [0.4, 0.5) is 0 Å². The number of nitrogens with zero attached hydrogens (tertiary/aromatic N) is 1. The normalized spacial score (nSPS) is 20.9. The van der Waals surface area contributed by atoms with Crippen LogP contribution in [0.25, 0.3) is 0 Å². The minimum atomic E-state index is -0.680. The maximum Gasteiger partial charge on any atom is 0.309 e. The van der Waals surface area contributed by atoms with Gasteiger partial charge in [-0.15, -0.1) is 0 Å². The van der Waals surface area contributed by atoms with Gasteiger partial charge in [-0.1, -0.05) is 24.3 Å². The van der Waals surface area contributed by atoms with Crippen LogP contribution in [0.2, 0.25) is 0 Å². The number of benzene rings is 1. The van der Waals surface area contributed by atoms with E-state index in [1.807, 2.05) is 13.8 Å². The van der Waals surface area contributed by atoms with Crippen LogP contribution in [0.15, 0.2) is 24.3 Å². The smallest absolute Gasteiger partial charge is 0.309 e. The van der Waals surface area contributed by atoms with Crippen molar-refractivity contribution in [3.8, 4) is 0 Å². The third-order valence-corrected chi connectivity index (χ3v) is 4.73. The van der Waals surface area contributed by atoms with Crippen molar-refractivity contribution in [1.29, 1.82) is 0 Å². The van der Waals surface area contributed by atoms with Gasteiger partial charge in [-0.05, 0) is 57.2 Å². The molecule has 2 rings (SSSR count). The molecule has 20 heavy (non-hydrogen) atoms. The third-order valence-electron chi connectivity index (χ3n) is 4.73. The van der Waals surface area contributed by atoms with Crippen molar-refractivity contribution in [2.45, 2.75) is 40.2 Å². The number of hydrogen-bond acceptors (Lipinski definition) is 2. The first-order valence-electron chi connectivity index (χ1n) is 7.41. The minimum Gasteiger partial charge on any atom is -0.481 e. The Bertz CT molecular complexity index is 482. The number of likely N-dealkylation sites (tertiary alicyclic amines) is 1. The molecule has 0 bridgehead atoms. The summed E-state index contributed by atoms with van der Waals surface area (Å²) in [7, 11) is 0. The standard InChI is InChI=1S/C17H25NO2/c1-13-7-4-5-8-14(13)11-18-10-6-9-15(12-18)17(2,3)16(19)20/h4-5,7-8,15H,6,9-12H2,1-3H3,(H,19,20). The van der Waals surface area contributed by atoms with Crippen molar-refractivity contribution in [2.75, 3.05) is 13.1 Å². The molecule has 1 saturated heterocycles. The summed E-state index contributed by atoms with van der Waals surface area (Å²) in [5.74, 6) is -0.446. The molecule has 0 aromatic heterocycles. The van der Waals surface area contributed by atoms with Gasteiger partial charge in [-0.3, -0.25) is 9.69 Å². The van der Waals surface area contributed by atoms with Crippen molar-refractivity contribution in [3.63, 3.8) is 0 Å². The first-order valence-corrected chi connectivity index (χ1v) is 7.41. The molecule has 0 radical (unpaired) electrons. The van der Waals surface area contributed by atoms with Crippen molar-refractivity contribution in [3.05, 3.63) is 35.4 Å². The summed E-state index contributed by atoms with van der Waals surface area (Å²) in [5.41, 5.74) is 2.03. The second-order valence-electron chi connectivity index (χ2n) is 6.53. The Kier molecular flexibility index (Phi) is 4.48. The summed E-state index contributed by atoms with van der Waals surface area (Å²) in [5, 5.41) is 9.40. The van der Waals surface area contributed by atoms with Crippen LogP contribution in [-0.2, 0) is 11.3 Å². The summed E-state index contributed by atoms with van der Waals surface area (Å²) in [6.45, 7) is 8.74. The highest BCUT2D eigenvalue weighted by molar-refractivity contribution is 5.74. The topological polar surface area (TPSA) is 40.5 Å². The lowest BCUT2D eigenvalue weighted by molar-refractivity contribution is -0.151. The van der Waals surface area contributed by atoms with Crippen LogP contribution in [0, 0.1) is 18.3 Å². The largest absolute Gasteiger partial charge is 0.481 e. The lowest BCUT2D eigenvalue weighted by Gasteiger charge is -2.39. The Balaban J connectivity index is 2.04. The van der Waals surface area contributed by atoms with E-state index in [1.54, 1.807) is 0 Å². The van der Waals surface area contributed by atoms with E-state index in [4.69, 9.17) is 0 Å². The molecule has 1 aromatic carbocycles. The Morgan fingerprint density at radius 1 is 1.40 bits per heavy atom. The van der Waals surface area contributed by atoms with Crippen LogP contribution >= 0.6 is 0 Å². The highest BCUT2D eigenvalue weighted by Gasteiger charge is 2.38. The Morgan fingerprint density at radius 3 is 2.75 bits per heavy atom. The van der Waals surface area contributed by atoms with Gasteiger partial charge in [0.15, 0.2) is 0 Å². The summed E-state index contributed by atoms with van der Waals surface area (Å²) in [6.07, 6.45) is 2.11. The fraction of sp³-hybridized carbons (Fsp3) is 0.588. The molecule has 1 fully saturated rings. The summed E-state index contributed by atoms with van der Waals surface area (Å²) >= 11 is 0. The fourth-order valence-electron chi connectivity index (χ4n) is 2.99. The van der Waals surface area contributed by atoms with Crippen molar-refractivity contribution >= 4 is 5.97 Å². The Labute approximate surface area is 121 Å². The van der Waals surface area contributed by atoms with Crippen LogP contribution in [0.3, 0.4) is 0 Å². The van der Waals surface area contributed by atoms with E-state index in [-0.39, 0.29) is 5.92 Å². The molecule has 1 heterocycles. The molecule has 1 unspecified atom stereocenters. The average Bonchev–Trinajstić information content (AvgIpc) is 2.41. The van der Waals surface area contributed by atoms with Gasteiger partial charge in [0.2, 0.25) is 0 Å². The Hall–Kier alpha value is -1.35. The zero-order valence-corrected chi connectivity index (χ0v) is 12.7. The number of aryl methyl sites for hydroxylation is 1. The zero-order chi connectivity index (χ0) is 14.8. The van der Waals surface area contributed by atoms with Gasteiger partial charge in [0.1, 0.15) is 0 Å². The monoisotopic (exact) mass is 275 g/mol. The maximum atomic E-state index is 11.4. The van der Waals surface area contributed by atoms with Gasteiger partial charge in [0.25, 0.3) is 0 Å². The molecule has 1 N–H and O–H groups in total. The van der Waals surface area contributed by atoms with Crippen LogP contribution in [0.1, 0.15) is 37.8 Å². The van der Waals surface area contributed by atoms with Gasteiger partial charge in [-0.2, -0.15) is 0 Å². The third kappa shape index (κ3) is 3.21. The number of carboxylic acids is 1. The van der Waals surface area contributed by atoms with Crippen LogP contribution in [-0.4, -0.2) is 29.1 Å². The van der Waals surface area contributed by atoms with E-state index >= 15 is 0 Å². The molecular weight excluding hydrogens is 250 g/mol. The predicted molar refractivity (Wildman–Crippen MR) is 80.6 cm³/mol. The molecule has 0 spiro atoms.